The van der Waals surface area contributed by atoms with E-state index in [0.717, 1.165) is 39.0 Å². The fraction of sp³-hybridized carbons (Fsp3) is 0.923. The monoisotopic (exact) mass is 240 g/mol. The summed E-state index contributed by atoms with van der Waals surface area (Å²) in [7, 11) is 2.12. The van der Waals surface area contributed by atoms with Crippen molar-refractivity contribution in [2.45, 2.75) is 32.7 Å². The van der Waals surface area contributed by atoms with Crippen molar-refractivity contribution in [3.63, 3.8) is 0 Å². The van der Waals surface area contributed by atoms with Crippen LogP contribution in [0.3, 0.4) is 0 Å². The summed E-state index contributed by atoms with van der Waals surface area (Å²) in [5.41, 5.74) is 0.0304. The predicted molar refractivity (Wildman–Crippen MR) is 67.0 cm³/mol. The van der Waals surface area contributed by atoms with Gasteiger partial charge < -0.3 is 10.0 Å². The Hall–Kier alpha value is -0.610. The van der Waals surface area contributed by atoms with Crippen LogP contribution in [-0.2, 0) is 4.79 Å². The Morgan fingerprint density at radius 3 is 2.41 bits per heavy atom. The maximum atomic E-state index is 11.5. The van der Waals surface area contributed by atoms with Crippen LogP contribution >= 0.6 is 0 Å². The van der Waals surface area contributed by atoms with Crippen LogP contribution in [-0.4, -0.2) is 60.1 Å². The minimum atomic E-state index is -0.599. The molecule has 1 atom stereocenters. The molecule has 0 radical (unpaired) electrons. The Balaban J connectivity index is 2.16. The van der Waals surface area contributed by atoms with E-state index >= 15 is 0 Å². The van der Waals surface area contributed by atoms with E-state index in [0.29, 0.717) is 6.04 Å². The minimum absolute atomic E-state index is 0.0304. The Kier molecular flexibility index (Phi) is 3.46. The molecule has 0 saturated carbocycles. The molecule has 2 fully saturated rings. The van der Waals surface area contributed by atoms with Crippen molar-refractivity contribution < 1.29 is 9.90 Å². The van der Waals surface area contributed by atoms with Gasteiger partial charge in [-0.05, 0) is 46.8 Å². The zero-order valence-electron chi connectivity index (χ0n) is 11.1. The van der Waals surface area contributed by atoms with E-state index < -0.39 is 5.97 Å². The molecular formula is C13H24N2O2. The second kappa shape index (κ2) is 4.58. The molecule has 0 unspecified atom stereocenters. The average Bonchev–Trinajstić information content (AvgIpc) is 2.63. The Bertz CT molecular complexity index is 296. The van der Waals surface area contributed by atoms with Gasteiger partial charge in [-0.1, -0.05) is 0 Å². The number of carboxylic acids is 1. The molecule has 2 aliphatic heterocycles. The van der Waals surface area contributed by atoms with Crippen LogP contribution < -0.4 is 0 Å². The second-order valence-corrected chi connectivity index (χ2v) is 6.08. The smallest absolute Gasteiger partial charge is 0.308 e. The molecule has 0 aromatic heterocycles. The first-order chi connectivity index (χ1) is 7.94. The number of carboxylic acid groups (broad SMARTS) is 1. The van der Waals surface area contributed by atoms with Gasteiger partial charge in [-0.2, -0.15) is 0 Å². The highest BCUT2D eigenvalue weighted by atomic mass is 16.4. The summed E-state index contributed by atoms with van der Waals surface area (Å²) in [6.07, 6.45) is 2.06. The normalized spacial score (nSPS) is 30.2. The van der Waals surface area contributed by atoms with E-state index in [1.807, 2.05) is 0 Å². The van der Waals surface area contributed by atoms with Gasteiger partial charge in [0.2, 0.25) is 0 Å². The van der Waals surface area contributed by atoms with Gasteiger partial charge in [0.15, 0.2) is 0 Å². The summed E-state index contributed by atoms with van der Waals surface area (Å²) in [5, 5.41) is 9.46. The van der Waals surface area contributed by atoms with E-state index in [1.54, 1.807) is 0 Å². The number of aliphatic carboxylic acids is 1. The topological polar surface area (TPSA) is 43.8 Å². The lowest BCUT2D eigenvalue weighted by atomic mass is 9.71. The van der Waals surface area contributed by atoms with E-state index in [-0.39, 0.29) is 11.3 Å². The van der Waals surface area contributed by atoms with E-state index in [1.165, 1.54) is 0 Å². The lowest BCUT2D eigenvalue weighted by molar-refractivity contribution is -0.145. The molecule has 4 nitrogen and oxygen atoms in total. The van der Waals surface area contributed by atoms with Crippen molar-refractivity contribution in [2.75, 3.05) is 33.2 Å². The largest absolute Gasteiger partial charge is 0.481 e. The summed E-state index contributed by atoms with van der Waals surface area (Å²) < 4.78 is 0. The van der Waals surface area contributed by atoms with Gasteiger partial charge in [0.1, 0.15) is 0 Å². The fourth-order valence-electron chi connectivity index (χ4n) is 3.31. The highest BCUT2D eigenvalue weighted by Gasteiger charge is 2.51. The van der Waals surface area contributed by atoms with E-state index in [2.05, 4.69) is 30.7 Å². The van der Waals surface area contributed by atoms with Crippen LogP contribution in [0.25, 0.3) is 0 Å². The first-order valence-corrected chi connectivity index (χ1v) is 6.60. The third kappa shape index (κ3) is 2.33. The van der Waals surface area contributed by atoms with Crippen LogP contribution in [0.5, 0.6) is 0 Å². The molecule has 2 rings (SSSR count). The first-order valence-electron chi connectivity index (χ1n) is 6.60. The van der Waals surface area contributed by atoms with Crippen LogP contribution in [0, 0.1) is 11.3 Å². The molecule has 2 heterocycles. The molecule has 0 aliphatic carbocycles. The van der Waals surface area contributed by atoms with Gasteiger partial charge in [-0.25, -0.2) is 0 Å². The summed E-state index contributed by atoms with van der Waals surface area (Å²) in [6.45, 7) is 8.09. The zero-order valence-corrected chi connectivity index (χ0v) is 11.1. The quantitative estimate of drug-likeness (QED) is 0.785. The van der Waals surface area contributed by atoms with Gasteiger partial charge in [0.05, 0.1) is 5.92 Å². The molecular weight excluding hydrogens is 216 g/mol. The summed E-state index contributed by atoms with van der Waals surface area (Å²) in [5.74, 6) is -0.767. The standard InChI is InChI=1S/C13H24N2O2/c1-10(2)15-8-11(12(16)17)13(9-15)4-6-14(3)7-5-13/h10-11H,4-9H2,1-3H3,(H,16,17)/t11-/m1/s1. The number of piperidine rings is 1. The number of hydrogen-bond donors (Lipinski definition) is 1. The number of carbonyl (C=O) groups is 1. The van der Waals surface area contributed by atoms with E-state index in [9.17, 15) is 9.90 Å². The Morgan fingerprint density at radius 1 is 1.35 bits per heavy atom. The van der Waals surface area contributed by atoms with Gasteiger partial charge in [-0.15, -0.1) is 0 Å². The molecule has 2 aliphatic rings. The van der Waals surface area contributed by atoms with Crippen molar-refractivity contribution in [2.24, 2.45) is 11.3 Å². The maximum Gasteiger partial charge on any atom is 0.308 e. The molecule has 0 bridgehead atoms. The Labute approximate surface area is 104 Å². The predicted octanol–water partition coefficient (Wildman–Crippen LogP) is 1.12. The molecule has 98 valence electrons. The highest BCUT2D eigenvalue weighted by molar-refractivity contribution is 5.72. The van der Waals surface area contributed by atoms with Crippen molar-refractivity contribution in [3.05, 3.63) is 0 Å². The highest BCUT2D eigenvalue weighted by Crippen LogP contribution is 2.45. The lowest BCUT2D eigenvalue weighted by Crippen LogP contribution is -2.45. The Morgan fingerprint density at radius 2 is 1.94 bits per heavy atom. The summed E-state index contributed by atoms with van der Waals surface area (Å²) in [4.78, 5) is 16.1. The van der Waals surface area contributed by atoms with Crippen molar-refractivity contribution in [1.82, 2.24) is 9.80 Å². The van der Waals surface area contributed by atoms with Crippen LogP contribution in [0.2, 0.25) is 0 Å². The van der Waals surface area contributed by atoms with Crippen LogP contribution in [0.4, 0.5) is 0 Å². The van der Waals surface area contributed by atoms with Crippen LogP contribution in [0.15, 0.2) is 0 Å². The van der Waals surface area contributed by atoms with Crippen molar-refractivity contribution >= 4 is 5.97 Å². The molecule has 17 heavy (non-hydrogen) atoms. The zero-order chi connectivity index (χ0) is 12.6. The van der Waals surface area contributed by atoms with Gasteiger partial charge >= 0.3 is 5.97 Å². The van der Waals surface area contributed by atoms with Gasteiger partial charge in [0.25, 0.3) is 0 Å². The number of likely N-dealkylation sites (tertiary alicyclic amines) is 2. The van der Waals surface area contributed by atoms with Gasteiger partial charge in [-0.3, -0.25) is 9.69 Å². The lowest BCUT2D eigenvalue weighted by Gasteiger charge is -2.40. The van der Waals surface area contributed by atoms with Crippen molar-refractivity contribution in [3.8, 4) is 0 Å². The third-order valence-corrected chi connectivity index (χ3v) is 4.69. The third-order valence-electron chi connectivity index (χ3n) is 4.69. The fourth-order valence-corrected chi connectivity index (χ4v) is 3.31. The number of nitrogens with zero attached hydrogens (tertiary/aromatic N) is 2. The van der Waals surface area contributed by atoms with Gasteiger partial charge in [0, 0.05) is 24.5 Å². The SMILES string of the molecule is CC(C)N1C[C@H](C(=O)O)C2(CCN(C)CC2)C1. The molecule has 4 heteroatoms. The molecule has 1 spiro atoms. The summed E-state index contributed by atoms with van der Waals surface area (Å²) >= 11 is 0. The molecule has 2 saturated heterocycles. The van der Waals surface area contributed by atoms with E-state index in [4.69, 9.17) is 0 Å². The minimum Gasteiger partial charge on any atom is -0.481 e. The van der Waals surface area contributed by atoms with Crippen molar-refractivity contribution in [1.29, 1.82) is 0 Å². The number of rotatable bonds is 2. The molecule has 1 N–H and O–H groups in total. The maximum absolute atomic E-state index is 11.5. The molecule has 0 aromatic rings. The first kappa shape index (κ1) is 12.8. The number of hydrogen-bond acceptors (Lipinski definition) is 3. The average molecular weight is 240 g/mol. The molecule has 0 amide bonds. The second-order valence-electron chi connectivity index (χ2n) is 6.08. The van der Waals surface area contributed by atoms with Crippen LogP contribution in [0.1, 0.15) is 26.7 Å². The summed E-state index contributed by atoms with van der Waals surface area (Å²) in [6, 6.07) is 0.455. The molecule has 0 aromatic carbocycles.